The molecule has 0 aromatic heterocycles. The van der Waals surface area contributed by atoms with Crippen LogP contribution < -0.4 is 5.32 Å². The Balaban J connectivity index is 2.62. The van der Waals surface area contributed by atoms with E-state index in [0.29, 0.717) is 24.6 Å². The van der Waals surface area contributed by atoms with Crippen LogP contribution in [0.25, 0.3) is 0 Å². The molecule has 1 aliphatic rings. The second kappa shape index (κ2) is 6.71. The second-order valence-electron chi connectivity index (χ2n) is 6.41. The van der Waals surface area contributed by atoms with Gasteiger partial charge in [-0.3, -0.25) is 4.79 Å². The largest absolute Gasteiger partial charge is 0.481 e. The number of hydrogen-bond acceptors (Lipinski definition) is 3. The normalized spacial score (nSPS) is 31.9. The molecule has 19 heavy (non-hydrogen) atoms. The molecule has 1 rings (SSSR count). The zero-order valence-corrected chi connectivity index (χ0v) is 12.9. The van der Waals surface area contributed by atoms with Crippen molar-refractivity contribution in [3.05, 3.63) is 0 Å². The molecule has 0 aromatic rings. The average molecular weight is 271 g/mol. The number of rotatable bonds is 6. The molecule has 0 aromatic carbocycles. The Morgan fingerprint density at radius 1 is 1.47 bits per heavy atom. The van der Waals surface area contributed by atoms with Crippen molar-refractivity contribution in [2.45, 2.75) is 59.5 Å². The molecule has 1 fully saturated rings. The van der Waals surface area contributed by atoms with Gasteiger partial charge in [0.1, 0.15) is 0 Å². The van der Waals surface area contributed by atoms with Crippen molar-refractivity contribution in [3.63, 3.8) is 0 Å². The van der Waals surface area contributed by atoms with Crippen LogP contribution in [0.3, 0.4) is 0 Å². The van der Waals surface area contributed by atoms with Gasteiger partial charge in [-0.15, -0.1) is 0 Å². The lowest BCUT2D eigenvalue weighted by molar-refractivity contribution is -0.150. The fourth-order valence-corrected chi connectivity index (χ4v) is 3.18. The molecule has 0 bridgehead atoms. The summed E-state index contributed by atoms with van der Waals surface area (Å²) < 4.78 is 5.43. The predicted molar refractivity (Wildman–Crippen MR) is 76.2 cm³/mol. The lowest BCUT2D eigenvalue weighted by Gasteiger charge is -2.47. The Morgan fingerprint density at radius 3 is 2.63 bits per heavy atom. The SMILES string of the molecule is CCOCC(C)NC1CCC(C(=O)O)C(C)(C)C1C. The zero-order chi connectivity index (χ0) is 14.6. The maximum Gasteiger partial charge on any atom is 0.307 e. The van der Waals surface area contributed by atoms with Gasteiger partial charge in [0.2, 0.25) is 0 Å². The molecule has 0 heterocycles. The van der Waals surface area contributed by atoms with Gasteiger partial charge in [-0.2, -0.15) is 0 Å². The Hall–Kier alpha value is -0.610. The molecule has 1 aliphatic carbocycles. The van der Waals surface area contributed by atoms with E-state index >= 15 is 0 Å². The molecule has 4 nitrogen and oxygen atoms in total. The summed E-state index contributed by atoms with van der Waals surface area (Å²) in [4.78, 5) is 11.3. The number of nitrogens with one attached hydrogen (secondary N) is 1. The number of hydrogen-bond donors (Lipinski definition) is 2. The Labute approximate surface area is 116 Å². The molecule has 0 radical (unpaired) electrons. The van der Waals surface area contributed by atoms with E-state index in [1.165, 1.54) is 0 Å². The van der Waals surface area contributed by atoms with Crippen molar-refractivity contribution in [2.24, 2.45) is 17.3 Å². The molecule has 4 atom stereocenters. The van der Waals surface area contributed by atoms with E-state index in [1.54, 1.807) is 0 Å². The lowest BCUT2D eigenvalue weighted by Crippen LogP contribution is -2.53. The zero-order valence-electron chi connectivity index (χ0n) is 12.9. The maximum atomic E-state index is 11.3. The van der Waals surface area contributed by atoms with Crippen LogP contribution >= 0.6 is 0 Å². The van der Waals surface area contributed by atoms with Crippen LogP contribution in [0.2, 0.25) is 0 Å². The third-order valence-electron chi connectivity index (χ3n) is 4.81. The number of carbonyl (C=O) groups is 1. The molecule has 0 saturated heterocycles. The summed E-state index contributed by atoms with van der Waals surface area (Å²) >= 11 is 0. The van der Waals surface area contributed by atoms with Crippen molar-refractivity contribution in [1.29, 1.82) is 0 Å². The molecule has 0 amide bonds. The van der Waals surface area contributed by atoms with Crippen molar-refractivity contribution < 1.29 is 14.6 Å². The standard InChI is InChI=1S/C15H29NO3/c1-6-19-9-10(2)16-13-8-7-12(14(17)18)15(4,5)11(13)3/h10-13,16H,6-9H2,1-5H3,(H,17,18). The summed E-state index contributed by atoms with van der Waals surface area (Å²) in [5.74, 6) is -0.549. The molecule has 4 heteroatoms. The first-order valence-electron chi connectivity index (χ1n) is 7.37. The van der Waals surface area contributed by atoms with Crippen LogP contribution in [0, 0.1) is 17.3 Å². The number of aliphatic carboxylic acids is 1. The van der Waals surface area contributed by atoms with E-state index in [2.05, 4.69) is 33.0 Å². The monoisotopic (exact) mass is 271 g/mol. The van der Waals surface area contributed by atoms with Crippen LogP contribution in [0.5, 0.6) is 0 Å². The van der Waals surface area contributed by atoms with Gasteiger partial charge in [0.05, 0.1) is 12.5 Å². The highest BCUT2D eigenvalue weighted by Gasteiger charge is 2.46. The van der Waals surface area contributed by atoms with Crippen molar-refractivity contribution >= 4 is 5.97 Å². The predicted octanol–water partition coefficient (Wildman–Crippen LogP) is 2.53. The second-order valence-corrected chi connectivity index (χ2v) is 6.41. The Morgan fingerprint density at radius 2 is 2.11 bits per heavy atom. The van der Waals surface area contributed by atoms with Crippen LogP contribution in [0.15, 0.2) is 0 Å². The Bertz CT molecular complexity index is 304. The minimum Gasteiger partial charge on any atom is -0.481 e. The smallest absolute Gasteiger partial charge is 0.307 e. The summed E-state index contributed by atoms with van der Waals surface area (Å²) in [6.45, 7) is 11.9. The summed E-state index contributed by atoms with van der Waals surface area (Å²) in [6, 6.07) is 0.686. The maximum absolute atomic E-state index is 11.3. The summed E-state index contributed by atoms with van der Waals surface area (Å²) in [7, 11) is 0. The highest BCUT2D eigenvalue weighted by Crippen LogP contribution is 2.45. The lowest BCUT2D eigenvalue weighted by atomic mass is 9.61. The quantitative estimate of drug-likeness (QED) is 0.779. The van der Waals surface area contributed by atoms with Crippen molar-refractivity contribution in [2.75, 3.05) is 13.2 Å². The third-order valence-corrected chi connectivity index (χ3v) is 4.81. The average Bonchev–Trinajstić information content (AvgIpc) is 2.32. The molecule has 112 valence electrons. The topological polar surface area (TPSA) is 58.6 Å². The van der Waals surface area contributed by atoms with Crippen LogP contribution in [0.1, 0.15) is 47.5 Å². The molecular weight excluding hydrogens is 242 g/mol. The number of carboxylic acid groups (broad SMARTS) is 1. The van der Waals surface area contributed by atoms with Crippen LogP contribution in [0.4, 0.5) is 0 Å². The first-order chi connectivity index (χ1) is 8.80. The van der Waals surface area contributed by atoms with Crippen molar-refractivity contribution in [3.8, 4) is 0 Å². The summed E-state index contributed by atoms with van der Waals surface area (Å²) in [6.07, 6.45) is 1.68. The van der Waals surface area contributed by atoms with Gasteiger partial charge in [0.25, 0.3) is 0 Å². The van der Waals surface area contributed by atoms with E-state index in [0.717, 1.165) is 19.4 Å². The fraction of sp³-hybridized carbons (Fsp3) is 0.933. The minimum absolute atomic E-state index is 0.174. The van der Waals surface area contributed by atoms with Gasteiger partial charge in [-0.05, 0) is 38.0 Å². The van der Waals surface area contributed by atoms with Crippen LogP contribution in [-0.4, -0.2) is 36.4 Å². The van der Waals surface area contributed by atoms with E-state index in [1.807, 2.05) is 6.92 Å². The van der Waals surface area contributed by atoms with Gasteiger partial charge in [-0.25, -0.2) is 0 Å². The molecular formula is C15H29NO3. The number of carboxylic acids is 1. The van der Waals surface area contributed by atoms with E-state index in [9.17, 15) is 9.90 Å². The van der Waals surface area contributed by atoms with E-state index in [-0.39, 0.29) is 11.3 Å². The van der Waals surface area contributed by atoms with Gasteiger partial charge in [0.15, 0.2) is 0 Å². The van der Waals surface area contributed by atoms with E-state index in [4.69, 9.17) is 4.74 Å². The van der Waals surface area contributed by atoms with E-state index < -0.39 is 5.97 Å². The first-order valence-corrected chi connectivity index (χ1v) is 7.37. The third kappa shape index (κ3) is 3.93. The highest BCUT2D eigenvalue weighted by atomic mass is 16.5. The molecule has 0 spiro atoms. The number of ether oxygens (including phenoxy) is 1. The van der Waals surface area contributed by atoms with Gasteiger partial charge < -0.3 is 15.2 Å². The molecule has 2 N–H and O–H groups in total. The summed E-state index contributed by atoms with van der Waals surface area (Å²) in [5, 5.41) is 12.9. The Kier molecular flexibility index (Phi) is 5.81. The van der Waals surface area contributed by atoms with Gasteiger partial charge in [-0.1, -0.05) is 20.8 Å². The van der Waals surface area contributed by atoms with Crippen LogP contribution in [-0.2, 0) is 9.53 Å². The highest BCUT2D eigenvalue weighted by molar-refractivity contribution is 5.71. The molecule has 0 aliphatic heterocycles. The first kappa shape index (κ1) is 16.4. The molecule has 1 saturated carbocycles. The minimum atomic E-state index is -0.655. The van der Waals surface area contributed by atoms with Gasteiger partial charge in [0, 0.05) is 18.7 Å². The fourth-order valence-electron chi connectivity index (χ4n) is 3.18. The summed E-state index contributed by atoms with van der Waals surface area (Å²) in [5.41, 5.74) is -0.174. The molecule has 4 unspecified atom stereocenters. The van der Waals surface area contributed by atoms with Gasteiger partial charge >= 0.3 is 5.97 Å². The van der Waals surface area contributed by atoms with Crippen molar-refractivity contribution in [1.82, 2.24) is 5.32 Å².